The van der Waals surface area contributed by atoms with Gasteiger partial charge in [0.05, 0.1) is 13.2 Å². The van der Waals surface area contributed by atoms with Gasteiger partial charge in [-0.1, -0.05) is 51.1 Å². The summed E-state index contributed by atoms with van der Waals surface area (Å²) in [6.45, 7) is 7.21. The van der Waals surface area contributed by atoms with Gasteiger partial charge in [0.2, 0.25) is 0 Å². The van der Waals surface area contributed by atoms with E-state index in [-0.39, 0.29) is 12.0 Å². The second-order valence-corrected chi connectivity index (χ2v) is 8.27. The van der Waals surface area contributed by atoms with Crippen molar-refractivity contribution in [2.75, 3.05) is 26.8 Å². The number of carbonyl (C=O) groups is 2. The third kappa shape index (κ3) is 10.3. The Morgan fingerprint density at radius 1 is 0.970 bits per heavy atom. The Kier molecular flexibility index (Phi) is 11.3. The molecule has 2 aromatic rings. The second kappa shape index (κ2) is 13.4. The van der Waals surface area contributed by atoms with Gasteiger partial charge in [0.25, 0.3) is 0 Å². The first-order valence-electron chi connectivity index (χ1n) is 10.3. The van der Waals surface area contributed by atoms with Gasteiger partial charge < -0.3 is 35.2 Å². The summed E-state index contributed by atoms with van der Waals surface area (Å²) in [5.74, 6) is -2.12. The van der Waals surface area contributed by atoms with Crippen LogP contribution in [0.3, 0.4) is 0 Å². The molecule has 0 radical (unpaired) electrons. The summed E-state index contributed by atoms with van der Waals surface area (Å²) in [4.78, 5) is 18.2. The Balaban J connectivity index is 0.000000801. The fourth-order valence-electron chi connectivity index (χ4n) is 2.77. The van der Waals surface area contributed by atoms with Gasteiger partial charge in [-0.2, -0.15) is 0 Å². The molecule has 5 N–H and O–H groups in total. The molecule has 0 bridgehead atoms. The first-order chi connectivity index (χ1) is 15.5. The third-order valence-electron chi connectivity index (χ3n) is 4.51. The molecule has 2 unspecified atom stereocenters. The van der Waals surface area contributed by atoms with Gasteiger partial charge in [-0.15, -0.1) is 0 Å². The number of nitrogens with one attached hydrogen (secondary N) is 1. The summed E-state index contributed by atoms with van der Waals surface area (Å²) >= 11 is 0. The number of methoxy groups -OCH3 is 1. The summed E-state index contributed by atoms with van der Waals surface area (Å²) < 4.78 is 11.2. The lowest BCUT2D eigenvalue weighted by Crippen LogP contribution is -2.34. The van der Waals surface area contributed by atoms with E-state index in [0.29, 0.717) is 13.1 Å². The number of carboxylic acids is 2. The van der Waals surface area contributed by atoms with Crippen LogP contribution in [-0.4, -0.2) is 65.3 Å². The van der Waals surface area contributed by atoms with E-state index in [0.717, 1.165) is 22.6 Å². The van der Waals surface area contributed by atoms with Gasteiger partial charge in [0.15, 0.2) is 0 Å². The Bertz CT molecular complexity index is 868. The Hall–Kier alpha value is -3.14. The van der Waals surface area contributed by atoms with Crippen molar-refractivity contribution in [2.45, 2.75) is 38.4 Å². The molecular weight excluding hydrogens is 430 g/mol. The van der Waals surface area contributed by atoms with E-state index < -0.39 is 24.1 Å². The molecule has 0 fully saturated rings. The predicted octanol–water partition coefficient (Wildman–Crippen LogP) is 2.21. The van der Waals surface area contributed by atoms with Crippen LogP contribution in [0.4, 0.5) is 0 Å². The zero-order valence-corrected chi connectivity index (χ0v) is 19.3. The summed E-state index contributed by atoms with van der Waals surface area (Å²) in [5, 5.41) is 38.2. The van der Waals surface area contributed by atoms with Crippen molar-refractivity contribution in [1.82, 2.24) is 5.32 Å². The minimum absolute atomic E-state index is 0.104. The number of carboxylic acid groups (broad SMARTS) is 2. The molecule has 182 valence electrons. The summed E-state index contributed by atoms with van der Waals surface area (Å²) in [6, 6.07) is 15.1. The zero-order chi connectivity index (χ0) is 25.0. The van der Waals surface area contributed by atoms with Gasteiger partial charge in [0, 0.05) is 18.7 Å². The molecule has 33 heavy (non-hydrogen) atoms. The van der Waals surface area contributed by atoms with Crippen molar-refractivity contribution in [3.8, 4) is 11.5 Å². The lowest BCUT2D eigenvalue weighted by atomic mass is 9.86. The maximum atomic E-state index is 10.2. The fourth-order valence-corrected chi connectivity index (χ4v) is 2.77. The first kappa shape index (κ1) is 27.9. The number of benzene rings is 2. The molecule has 0 aliphatic carbocycles. The summed E-state index contributed by atoms with van der Waals surface area (Å²) in [5.41, 5.74) is 1.78. The van der Waals surface area contributed by atoms with E-state index in [2.05, 4.69) is 26.1 Å². The molecule has 0 aromatic heterocycles. The lowest BCUT2D eigenvalue weighted by Gasteiger charge is -2.24. The molecule has 0 amide bonds. The van der Waals surface area contributed by atoms with Crippen LogP contribution in [0.15, 0.2) is 48.5 Å². The third-order valence-corrected chi connectivity index (χ3v) is 4.51. The number of hydrogen-bond acceptors (Lipinski definition) is 7. The quantitative estimate of drug-likeness (QED) is 0.353. The predicted molar refractivity (Wildman–Crippen MR) is 123 cm³/mol. The minimum atomic E-state index is -1.82. The van der Waals surface area contributed by atoms with Gasteiger partial charge >= 0.3 is 11.9 Å². The van der Waals surface area contributed by atoms with Crippen LogP contribution in [0.2, 0.25) is 0 Å². The van der Waals surface area contributed by atoms with Crippen LogP contribution in [0, 0.1) is 0 Å². The normalized spacial score (nSPS) is 12.7. The fraction of sp³-hybridized carbons (Fsp3) is 0.417. The highest BCUT2D eigenvalue weighted by molar-refractivity contribution is 6.27. The molecule has 0 saturated carbocycles. The van der Waals surface area contributed by atoms with E-state index in [1.807, 2.05) is 48.5 Å². The standard InChI is InChI=1S/C22H31NO4.C2H2O4/c1-22(2,3)19-12-18(26-4)10-11-21(19)27-15-17(24)13-23-14-20(25)16-8-6-5-7-9-16;3-1(4)2(5)6/h5-12,17,20,23-25H,13-15H2,1-4H3;(H,3,4)(H,5,6). The van der Waals surface area contributed by atoms with Gasteiger partial charge in [-0.3, -0.25) is 0 Å². The van der Waals surface area contributed by atoms with Gasteiger partial charge in [-0.05, 0) is 29.2 Å². The number of aliphatic carboxylic acids is 2. The van der Waals surface area contributed by atoms with Crippen molar-refractivity contribution >= 4 is 11.9 Å². The van der Waals surface area contributed by atoms with Crippen LogP contribution in [0.5, 0.6) is 11.5 Å². The number of aliphatic hydroxyl groups excluding tert-OH is 2. The van der Waals surface area contributed by atoms with E-state index in [9.17, 15) is 10.2 Å². The number of hydrogen-bond donors (Lipinski definition) is 5. The van der Waals surface area contributed by atoms with E-state index >= 15 is 0 Å². The number of rotatable bonds is 9. The van der Waals surface area contributed by atoms with Crippen molar-refractivity contribution in [1.29, 1.82) is 0 Å². The molecule has 0 aliphatic rings. The number of aliphatic hydroxyl groups is 2. The van der Waals surface area contributed by atoms with E-state index in [4.69, 9.17) is 29.3 Å². The van der Waals surface area contributed by atoms with Gasteiger partial charge in [-0.25, -0.2) is 9.59 Å². The highest BCUT2D eigenvalue weighted by Crippen LogP contribution is 2.34. The van der Waals surface area contributed by atoms with Crippen molar-refractivity contribution < 1.29 is 39.5 Å². The lowest BCUT2D eigenvalue weighted by molar-refractivity contribution is -0.159. The largest absolute Gasteiger partial charge is 0.497 e. The molecule has 0 heterocycles. The second-order valence-electron chi connectivity index (χ2n) is 8.27. The molecule has 0 saturated heterocycles. The molecule has 2 rings (SSSR count). The smallest absolute Gasteiger partial charge is 0.414 e. The van der Waals surface area contributed by atoms with Crippen molar-refractivity contribution in [3.63, 3.8) is 0 Å². The molecule has 9 heteroatoms. The maximum absolute atomic E-state index is 10.2. The Morgan fingerprint density at radius 2 is 1.58 bits per heavy atom. The van der Waals surface area contributed by atoms with Crippen molar-refractivity contribution in [2.24, 2.45) is 0 Å². The first-order valence-corrected chi connectivity index (χ1v) is 10.3. The molecule has 9 nitrogen and oxygen atoms in total. The van der Waals surface area contributed by atoms with Crippen LogP contribution >= 0.6 is 0 Å². The molecule has 2 aromatic carbocycles. The van der Waals surface area contributed by atoms with E-state index in [1.165, 1.54) is 0 Å². The highest BCUT2D eigenvalue weighted by atomic mass is 16.5. The summed E-state index contributed by atoms with van der Waals surface area (Å²) in [7, 11) is 1.64. The maximum Gasteiger partial charge on any atom is 0.414 e. The minimum Gasteiger partial charge on any atom is -0.497 e. The zero-order valence-electron chi connectivity index (χ0n) is 19.3. The number of ether oxygens (including phenoxy) is 2. The topological polar surface area (TPSA) is 146 Å². The van der Waals surface area contributed by atoms with Crippen LogP contribution in [-0.2, 0) is 15.0 Å². The molecular formula is C24H33NO8. The van der Waals surface area contributed by atoms with Crippen molar-refractivity contribution in [3.05, 3.63) is 59.7 Å². The Labute approximate surface area is 193 Å². The Morgan fingerprint density at radius 3 is 2.09 bits per heavy atom. The average Bonchev–Trinajstić information content (AvgIpc) is 2.77. The monoisotopic (exact) mass is 463 g/mol. The SMILES string of the molecule is COc1ccc(OCC(O)CNCC(O)c2ccccc2)c(C(C)(C)C)c1.O=C(O)C(=O)O. The van der Waals surface area contributed by atoms with Crippen LogP contribution in [0.25, 0.3) is 0 Å². The van der Waals surface area contributed by atoms with Crippen LogP contribution in [0.1, 0.15) is 38.0 Å². The van der Waals surface area contributed by atoms with Gasteiger partial charge in [0.1, 0.15) is 24.2 Å². The molecule has 0 spiro atoms. The molecule has 2 atom stereocenters. The van der Waals surface area contributed by atoms with E-state index in [1.54, 1.807) is 7.11 Å². The van der Waals surface area contributed by atoms with Crippen LogP contribution < -0.4 is 14.8 Å². The molecule has 0 aliphatic heterocycles. The average molecular weight is 464 g/mol. The highest BCUT2D eigenvalue weighted by Gasteiger charge is 2.20. The summed E-state index contributed by atoms with van der Waals surface area (Å²) in [6.07, 6.45) is -1.28.